The minimum absolute atomic E-state index is 0. The number of fused-ring (bicyclic) bond motifs is 1. The highest BCUT2D eigenvalue weighted by Gasteiger charge is 2.21. The lowest BCUT2D eigenvalue weighted by Gasteiger charge is -2.20. The summed E-state index contributed by atoms with van der Waals surface area (Å²) in [6, 6.07) is 6.41. The van der Waals surface area contributed by atoms with E-state index in [0.29, 0.717) is 5.92 Å². The maximum Gasteiger partial charge on any atom is 0.167 e. The van der Waals surface area contributed by atoms with Gasteiger partial charge in [-0.3, -0.25) is 0 Å². The molecule has 0 atom stereocenters. The van der Waals surface area contributed by atoms with Gasteiger partial charge < -0.3 is 9.84 Å². The summed E-state index contributed by atoms with van der Waals surface area (Å²) in [4.78, 5) is 0. The van der Waals surface area contributed by atoms with Gasteiger partial charge in [0.05, 0.1) is 5.69 Å². The van der Waals surface area contributed by atoms with Crippen molar-refractivity contribution in [1.82, 2.24) is 10.5 Å². The molecule has 1 N–H and O–H groups in total. The molecule has 1 aliphatic rings. The topological polar surface area (TPSA) is 38.1 Å². The molecule has 98 valence electrons. The van der Waals surface area contributed by atoms with Gasteiger partial charge in [0.15, 0.2) is 5.58 Å². The van der Waals surface area contributed by atoms with E-state index >= 15 is 0 Å². The lowest BCUT2D eigenvalue weighted by atomic mass is 9.92. The summed E-state index contributed by atoms with van der Waals surface area (Å²) in [5, 5.41) is 8.90. The van der Waals surface area contributed by atoms with E-state index in [4.69, 9.17) is 4.52 Å². The molecule has 2 aromatic rings. The van der Waals surface area contributed by atoms with Crippen LogP contribution in [0.2, 0.25) is 0 Å². The largest absolute Gasteiger partial charge is 0.356 e. The second-order valence-electron chi connectivity index (χ2n) is 4.78. The summed E-state index contributed by atoms with van der Waals surface area (Å²) in [7, 11) is 0. The van der Waals surface area contributed by atoms with Crippen LogP contribution in [0.4, 0.5) is 0 Å². The molecule has 0 bridgehead atoms. The Morgan fingerprint density at radius 1 is 1.33 bits per heavy atom. The highest BCUT2D eigenvalue weighted by Crippen LogP contribution is 2.31. The predicted molar refractivity (Wildman–Crippen MR) is 75.5 cm³/mol. The Balaban J connectivity index is 0.00000120. The average molecular weight is 267 g/mol. The Morgan fingerprint density at radius 3 is 2.83 bits per heavy atom. The van der Waals surface area contributed by atoms with E-state index < -0.39 is 0 Å². The van der Waals surface area contributed by atoms with Crippen molar-refractivity contribution >= 4 is 23.4 Å². The van der Waals surface area contributed by atoms with Crippen molar-refractivity contribution in [3.63, 3.8) is 0 Å². The molecule has 0 spiro atoms. The van der Waals surface area contributed by atoms with Crippen LogP contribution in [0.5, 0.6) is 0 Å². The zero-order valence-electron chi connectivity index (χ0n) is 10.6. The first-order chi connectivity index (χ1) is 8.38. The number of hydrogen-bond acceptors (Lipinski definition) is 3. The second kappa shape index (κ2) is 5.72. The molecule has 1 aliphatic heterocycles. The third kappa shape index (κ3) is 2.38. The number of aryl methyl sites for hydroxylation is 1. The lowest BCUT2D eigenvalue weighted by Crippen LogP contribution is -2.26. The first-order valence-corrected chi connectivity index (χ1v) is 6.47. The van der Waals surface area contributed by atoms with Crippen LogP contribution >= 0.6 is 12.4 Å². The predicted octanol–water partition coefficient (Wildman–Crippen LogP) is 3.28. The Bertz CT molecular complexity index is 517. The van der Waals surface area contributed by atoms with E-state index in [9.17, 15) is 0 Å². The SMILES string of the molecule is CCc1ccc2onc(C3CCNCC3)c2c1.Cl. The highest BCUT2D eigenvalue weighted by molar-refractivity contribution is 5.85. The Kier molecular flexibility index (Phi) is 4.25. The van der Waals surface area contributed by atoms with Gasteiger partial charge in [0.2, 0.25) is 0 Å². The molecular weight excluding hydrogens is 248 g/mol. The third-order valence-corrected chi connectivity index (χ3v) is 3.70. The maximum atomic E-state index is 5.43. The minimum Gasteiger partial charge on any atom is -0.356 e. The fourth-order valence-electron chi connectivity index (χ4n) is 2.61. The van der Waals surface area contributed by atoms with Crippen LogP contribution < -0.4 is 5.32 Å². The van der Waals surface area contributed by atoms with E-state index in [1.807, 2.05) is 6.07 Å². The minimum atomic E-state index is 0. The van der Waals surface area contributed by atoms with Crippen LogP contribution in [0.15, 0.2) is 22.7 Å². The monoisotopic (exact) mass is 266 g/mol. The highest BCUT2D eigenvalue weighted by atomic mass is 35.5. The van der Waals surface area contributed by atoms with Crippen molar-refractivity contribution in [2.75, 3.05) is 13.1 Å². The van der Waals surface area contributed by atoms with E-state index in [1.165, 1.54) is 10.9 Å². The Morgan fingerprint density at radius 2 is 2.11 bits per heavy atom. The normalized spacial score (nSPS) is 16.7. The third-order valence-electron chi connectivity index (χ3n) is 3.70. The van der Waals surface area contributed by atoms with Gasteiger partial charge >= 0.3 is 0 Å². The van der Waals surface area contributed by atoms with Gasteiger partial charge in [-0.2, -0.15) is 0 Å². The standard InChI is InChI=1S/C14H18N2O.ClH/c1-2-10-3-4-13-12(9-10)14(16-17-13)11-5-7-15-8-6-11;/h3-4,9,11,15H,2,5-8H2,1H3;1H. The summed E-state index contributed by atoms with van der Waals surface area (Å²) in [6.07, 6.45) is 3.39. The van der Waals surface area contributed by atoms with Crippen molar-refractivity contribution in [1.29, 1.82) is 0 Å². The molecule has 0 aliphatic carbocycles. The average Bonchev–Trinajstić information content (AvgIpc) is 2.82. The van der Waals surface area contributed by atoms with Crippen molar-refractivity contribution < 1.29 is 4.52 Å². The number of aromatic nitrogens is 1. The van der Waals surface area contributed by atoms with Crippen LogP contribution in [0.3, 0.4) is 0 Å². The summed E-state index contributed by atoms with van der Waals surface area (Å²) in [5.41, 5.74) is 3.45. The molecule has 0 radical (unpaired) electrons. The molecule has 1 saturated heterocycles. The number of piperidine rings is 1. The van der Waals surface area contributed by atoms with Crippen LogP contribution in [0, 0.1) is 0 Å². The van der Waals surface area contributed by atoms with E-state index in [1.54, 1.807) is 0 Å². The summed E-state index contributed by atoms with van der Waals surface area (Å²) in [6.45, 7) is 4.36. The van der Waals surface area contributed by atoms with Crippen LogP contribution in [-0.4, -0.2) is 18.2 Å². The van der Waals surface area contributed by atoms with E-state index in [-0.39, 0.29) is 12.4 Å². The number of halogens is 1. The molecular formula is C14H19ClN2O. The van der Waals surface area contributed by atoms with Crippen LogP contribution in [0.25, 0.3) is 11.0 Å². The number of rotatable bonds is 2. The molecule has 3 rings (SSSR count). The zero-order valence-corrected chi connectivity index (χ0v) is 11.4. The first kappa shape index (κ1) is 13.4. The quantitative estimate of drug-likeness (QED) is 0.907. The van der Waals surface area contributed by atoms with Gasteiger partial charge in [-0.1, -0.05) is 18.1 Å². The smallest absolute Gasteiger partial charge is 0.167 e. The molecule has 0 unspecified atom stereocenters. The molecule has 3 nitrogen and oxygen atoms in total. The van der Waals surface area contributed by atoms with Gasteiger partial charge in [0.1, 0.15) is 0 Å². The second-order valence-corrected chi connectivity index (χ2v) is 4.78. The number of nitrogens with one attached hydrogen (secondary N) is 1. The van der Waals surface area contributed by atoms with Crippen molar-refractivity contribution in [3.05, 3.63) is 29.5 Å². The van der Waals surface area contributed by atoms with Crippen LogP contribution in [0.1, 0.15) is 36.9 Å². The van der Waals surface area contributed by atoms with Crippen molar-refractivity contribution in [3.8, 4) is 0 Å². The molecule has 1 aromatic heterocycles. The molecule has 18 heavy (non-hydrogen) atoms. The number of benzene rings is 1. The van der Waals surface area contributed by atoms with Crippen molar-refractivity contribution in [2.45, 2.75) is 32.1 Å². The first-order valence-electron chi connectivity index (χ1n) is 6.47. The van der Waals surface area contributed by atoms with E-state index in [2.05, 4.69) is 29.5 Å². The number of nitrogens with zero attached hydrogens (tertiary/aromatic N) is 1. The molecule has 1 aromatic carbocycles. The lowest BCUT2D eigenvalue weighted by molar-refractivity contribution is 0.404. The molecule has 1 fully saturated rings. The maximum absolute atomic E-state index is 5.43. The fourth-order valence-corrected chi connectivity index (χ4v) is 2.61. The summed E-state index contributed by atoms with van der Waals surface area (Å²) < 4.78 is 5.43. The van der Waals surface area contributed by atoms with E-state index in [0.717, 1.165) is 43.6 Å². The Hall–Kier alpha value is -1.06. The Labute approximate surface area is 113 Å². The zero-order chi connectivity index (χ0) is 11.7. The fraction of sp³-hybridized carbons (Fsp3) is 0.500. The van der Waals surface area contributed by atoms with Gasteiger partial charge in [0, 0.05) is 11.3 Å². The van der Waals surface area contributed by atoms with Gasteiger partial charge in [0.25, 0.3) is 0 Å². The van der Waals surface area contributed by atoms with Crippen molar-refractivity contribution in [2.24, 2.45) is 0 Å². The summed E-state index contributed by atoms with van der Waals surface area (Å²) in [5.74, 6) is 0.560. The molecule has 4 heteroatoms. The van der Waals surface area contributed by atoms with Crippen LogP contribution in [-0.2, 0) is 6.42 Å². The number of hydrogen-bond donors (Lipinski definition) is 1. The van der Waals surface area contributed by atoms with Gasteiger partial charge in [-0.05, 0) is 50.0 Å². The molecule has 0 saturated carbocycles. The molecule has 2 heterocycles. The van der Waals surface area contributed by atoms with Gasteiger partial charge in [-0.15, -0.1) is 12.4 Å². The van der Waals surface area contributed by atoms with Gasteiger partial charge in [-0.25, -0.2) is 0 Å². The summed E-state index contributed by atoms with van der Waals surface area (Å²) >= 11 is 0. The molecule has 0 amide bonds.